The molecule has 0 spiro atoms. The van der Waals surface area contributed by atoms with Crippen molar-refractivity contribution in [1.29, 1.82) is 0 Å². The molecule has 4 rings (SSSR count). The summed E-state index contributed by atoms with van der Waals surface area (Å²) in [7, 11) is 0. The topological polar surface area (TPSA) is 51.1 Å². The van der Waals surface area contributed by atoms with Gasteiger partial charge in [-0.2, -0.15) is 13.2 Å². The number of carbonyl (C=O) groups excluding carboxylic acids is 1. The standard InChI is InChI=1S/C20H14ClF3N2O2/c1-10-7-11-3-2-4-13-17(11)26(10)9-14(18(13)27)19(28)25-12-5-6-16(21)15(8-12)20(22,23)24/h2-6,8-10H,7H2,1H3,(H,25,28)/t10-/m1/s1. The second-order valence-electron chi connectivity index (χ2n) is 6.79. The summed E-state index contributed by atoms with van der Waals surface area (Å²) in [6.07, 6.45) is -2.44. The fourth-order valence-electron chi connectivity index (χ4n) is 3.60. The summed E-state index contributed by atoms with van der Waals surface area (Å²) < 4.78 is 40.9. The normalized spacial score (nSPS) is 15.8. The average Bonchev–Trinajstić information content (AvgIpc) is 2.95. The predicted octanol–water partition coefficient (Wildman–Crippen LogP) is 5.04. The van der Waals surface area contributed by atoms with Crippen molar-refractivity contribution >= 4 is 34.1 Å². The van der Waals surface area contributed by atoms with E-state index in [4.69, 9.17) is 11.6 Å². The van der Waals surface area contributed by atoms with Crippen LogP contribution in [0.2, 0.25) is 5.02 Å². The van der Waals surface area contributed by atoms with Crippen LogP contribution >= 0.6 is 11.6 Å². The lowest BCUT2D eigenvalue weighted by Crippen LogP contribution is -2.24. The van der Waals surface area contributed by atoms with Crippen LogP contribution in [0.25, 0.3) is 10.9 Å². The smallest absolute Gasteiger partial charge is 0.343 e. The molecule has 8 heteroatoms. The average molecular weight is 407 g/mol. The van der Waals surface area contributed by atoms with Gasteiger partial charge in [-0.05, 0) is 43.2 Å². The highest BCUT2D eigenvalue weighted by atomic mass is 35.5. The number of nitrogens with one attached hydrogen (secondary N) is 1. The van der Waals surface area contributed by atoms with Gasteiger partial charge in [-0.15, -0.1) is 0 Å². The van der Waals surface area contributed by atoms with Crippen LogP contribution in [-0.4, -0.2) is 10.5 Å². The van der Waals surface area contributed by atoms with Gasteiger partial charge in [0.1, 0.15) is 5.56 Å². The molecule has 1 aromatic heterocycles. The van der Waals surface area contributed by atoms with E-state index in [0.717, 1.165) is 29.6 Å². The maximum Gasteiger partial charge on any atom is 0.417 e. The molecule has 1 amide bonds. The molecule has 0 unspecified atom stereocenters. The van der Waals surface area contributed by atoms with Crippen molar-refractivity contribution < 1.29 is 18.0 Å². The first kappa shape index (κ1) is 18.6. The summed E-state index contributed by atoms with van der Waals surface area (Å²) in [5.74, 6) is -0.768. The van der Waals surface area contributed by atoms with Crippen molar-refractivity contribution in [1.82, 2.24) is 4.57 Å². The summed E-state index contributed by atoms with van der Waals surface area (Å²) >= 11 is 5.60. The molecule has 0 bridgehead atoms. The monoisotopic (exact) mass is 406 g/mol. The molecule has 144 valence electrons. The number of halogens is 4. The Bertz CT molecular complexity index is 1180. The highest BCUT2D eigenvalue weighted by molar-refractivity contribution is 6.31. The number of benzene rings is 2. The van der Waals surface area contributed by atoms with Crippen LogP contribution in [0, 0.1) is 0 Å². The zero-order chi connectivity index (χ0) is 20.2. The zero-order valence-corrected chi connectivity index (χ0v) is 15.4. The minimum atomic E-state index is -4.65. The van der Waals surface area contributed by atoms with Crippen LogP contribution in [0.1, 0.15) is 34.5 Å². The Balaban J connectivity index is 1.76. The van der Waals surface area contributed by atoms with Crippen LogP contribution in [0.15, 0.2) is 47.4 Å². The molecule has 28 heavy (non-hydrogen) atoms. The summed E-state index contributed by atoms with van der Waals surface area (Å²) in [6, 6.07) is 8.48. The first-order valence-corrected chi connectivity index (χ1v) is 8.89. The number of pyridine rings is 1. The third-order valence-corrected chi connectivity index (χ3v) is 5.23. The Labute approximate surface area is 162 Å². The van der Waals surface area contributed by atoms with Crippen molar-refractivity contribution in [2.45, 2.75) is 25.6 Å². The van der Waals surface area contributed by atoms with Crippen LogP contribution < -0.4 is 10.7 Å². The van der Waals surface area contributed by atoms with E-state index in [1.807, 2.05) is 17.6 Å². The number of amides is 1. The van der Waals surface area contributed by atoms with Gasteiger partial charge >= 0.3 is 6.18 Å². The molecule has 2 heterocycles. The summed E-state index contributed by atoms with van der Waals surface area (Å²) in [5, 5.41) is 2.33. The summed E-state index contributed by atoms with van der Waals surface area (Å²) in [4.78, 5) is 25.5. The third kappa shape index (κ3) is 2.96. The van der Waals surface area contributed by atoms with Gasteiger partial charge in [-0.25, -0.2) is 0 Å². The Morgan fingerprint density at radius 2 is 2.00 bits per heavy atom. The second kappa shape index (κ2) is 6.38. The highest BCUT2D eigenvalue weighted by Crippen LogP contribution is 2.36. The van der Waals surface area contributed by atoms with Crippen LogP contribution in [0.5, 0.6) is 0 Å². The van der Waals surface area contributed by atoms with Gasteiger partial charge in [-0.1, -0.05) is 23.7 Å². The zero-order valence-electron chi connectivity index (χ0n) is 14.6. The molecule has 1 aliphatic rings. The minimum absolute atomic E-state index is 0.0689. The van der Waals surface area contributed by atoms with Gasteiger partial charge in [0.25, 0.3) is 5.91 Å². The number of hydrogen-bond donors (Lipinski definition) is 1. The third-order valence-electron chi connectivity index (χ3n) is 4.90. The molecule has 0 fully saturated rings. The van der Waals surface area contributed by atoms with Gasteiger partial charge in [-0.3, -0.25) is 9.59 Å². The summed E-state index contributed by atoms with van der Waals surface area (Å²) in [6.45, 7) is 1.97. The first-order valence-electron chi connectivity index (χ1n) is 8.51. The van der Waals surface area contributed by atoms with Crippen LogP contribution in [0.4, 0.5) is 18.9 Å². The van der Waals surface area contributed by atoms with Gasteiger partial charge in [0, 0.05) is 23.3 Å². The molecular weight excluding hydrogens is 393 g/mol. The van der Waals surface area contributed by atoms with E-state index in [9.17, 15) is 22.8 Å². The van der Waals surface area contributed by atoms with Crippen LogP contribution in [0.3, 0.4) is 0 Å². The van der Waals surface area contributed by atoms with Crippen molar-refractivity contribution in [3.05, 3.63) is 74.5 Å². The summed E-state index contributed by atoms with van der Waals surface area (Å²) in [5.41, 5.74) is 0.0964. The predicted molar refractivity (Wildman–Crippen MR) is 101 cm³/mol. The van der Waals surface area contributed by atoms with E-state index in [-0.39, 0.29) is 17.3 Å². The van der Waals surface area contributed by atoms with Gasteiger partial charge in [0.05, 0.1) is 16.1 Å². The lowest BCUT2D eigenvalue weighted by atomic mass is 10.1. The van der Waals surface area contributed by atoms with Crippen molar-refractivity contribution in [2.75, 3.05) is 5.32 Å². The van der Waals surface area contributed by atoms with Crippen molar-refractivity contribution in [3.8, 4) is 0 Å². The largest absolute Gasteiger partial charge is 0.417 e. The molecule has 0 aliphatic carbocycles. The fourth-order valence-corrected chi connectivity index (χ4v) is 3.82. The van der Waals surface area contributed by atoms with E-state index in [2.05, 4.69) is 5.32 Å². The lowest BCUT2D eigenvalue weighted by Gasteiger charge is -2.14. The molecule has 3 aromatic rings. The number of hydrogen-bond acceptors (Lipinski definition) is 2. The van der Waals surface area contributed by atoms with Crippen molar-refractivity contribution in [3.63, 3.8) is 0 Å². The molecule has 2 aromatic carbocycles. The number of rotatable bonds is 2. The molecule has 4 nitrogen and oxygen atoms in total. The van der Waals surface area contributed by atoms with E-state index < -0.39 is 28.1 Å². The van der Waals surface area contributed by atoms with Gasteiger partial charge in [0.2, 0.25) is 5.43 Å². The Hall–Kier alpha value is -2.80. The van der Waals surface area contributed by atoms with E-state index in [1.54, 1.807) is 12.1 Å². The quantitative estimate of drug-likeness (QED) is 0.648. The molecule has 1 atom stereocenters. The highest BCUT2D eigenvalue weighted by Gasteiger charge is 2.33. The van der Waals surface area contributed by atoms with Crippen molar-refractivity contribution in [2.24, 2.45) is 0 Å². The number of anilines is 1. The van der Waals surface area contributed by atoms with Gasteiger partial charge in [0.15, 0.2) is 0 Å². The van der Waals surface area contributed by atoms with Crippen LogP contribution in [-0.2, 0) is 12.6 Å². The van der Waals surface area contributed by atoms with E-state index >= 15 is 0 Å². The molecule has 0 radical (unpaired) electrons. The number of para-hydroxylation sites is 1. The molecule has 0 saturated carbocycles. The lowest BCUT2D eigenvalue weighted by molar-refractivity contribution is -0.137. The Kier molecular flexibility index (Phi) is 4.23. The Morgan fingerprint density at radius 1 is 1.25 bits per heavy atom. The maximum absolute atomic E-state index is 13.0. The van der Waals surface area contributed by atoms with E-state index in [0.29, 0.717) is 5.39 Å². The SMILES string of the molecule is C[C@@H]1Cc2cccc3c(=O)c(C(=O)Nc4ccc(Cl)c(C(F)(F)F)c4)cn1c23. The number of alkyl halides is 3. The van der Waals surface area contributed by atoms with Gasteiger partial charge < -0.3 is 9.88 Å². The number of carbonyl (C=O) groups is 1. The molecule has 1 N–H and O–H groups in total. The molecule has 0 saturated heterocycles. The molecule has 1 aliphatic heterocycles. The first-order chi connectivity index (χ1) is 13.2. The fraction of sp³-hybridized carbons (Fsp3) is 0.200. The Morgan fingerprint density at radius 3 is 2.71 bits per heavy atom. The van der Waals surface area contributed by atoms with E-state index in [1.165, 1.54) is 12.3 Å². The number of aromatic nitrogens is 1. The second-order valence-corrected chi connectivity index (χ2v) is 7.20. The number of nitrogens with zero attached hydrogens (tertiary/aromatic N) is 1. The maximum atomic E-state index is 13.0. The molecular formula is C20H14ClF3N2O2. The minimum Gasteiger partial charge on any atom is -0.343 e.